The van der Waals surface area contributed by atoms with Crippen molar-refractivity contribution >= 4 is 45.1 Å². The SMILES string of the molecule is COc1ccc(C(C)=NNc2nc(SCC(=O)c3ccc(Br)cc3)n[nH]2)c(OC)c1. The molecular formula is C20H20BrN5O3S. The fourth-order valence-electron chi connectivity index (χ4n) is 2.50. The number of hydrogen-bond acceptors (Lipinski definition) is 8. The Morgan fingerprint density at radius 1 is 1.20 bits per heavy atom. The Morgan fingerprint density at radius 2 is 1.97 bits per heavy atom. The maximum atomic E-state index is 12.3. The highest BCUT2D eigenvalue weighted by Crippen LogP contribution is 2.25. The van der Waals surface area contributed by atoms with Crippen molar-refractivity contribution in [2.24, 2.45) is 5.10 Å². The Hall–Kier alpha value is -2.85. The number of halogens is 1. The first kappa shape index (κ1) is 21.8. The Labute approximate surface area is 186 Å². The first-order chi connectivity index (χ1) is 14.5. The van der Waals surface area contributed by atoms with E-state index in [4.69, 9.17) is 9.47 Å². The van der Waals surface area contributed by atoms with Crippen molar-refractivity contribution < 1.29 is 14.3 Å². The summed E-state index contributed by atoms with van der Waals surface area (Å²) in [5.74, 6) is 1.97. The topological polar surface area (TPSA) is 101 Å². The summed E-state index contributed by atoms with van der Waals surface area (Å²) in [6.45, 7) is 1.85. The Bertz CT molecular complexity index is 1050. The van der Waals surface area contributed by atoms with Crippen molar-refractivity contribution in [1.29, 1.82) is 0 Å². The number of thioether (sulfide) groups is 1. The van der Waals surface area contributed by atoms with Crippen LogP contribution >= 0.6 is 27.7 Å². The molecule has 0 saturated carbocycles. The van der Waals surface area contributed by atoms with Crippen LogP contribution in [0.1, 0.15) is 22.8 Å². The molecule has 2 aromatic carbocycles. The standard InChI is InChI=1S/C20H20BrN5O3S/c1-12(16-9-8-15(28-2)10-18(16)29-3)23-24-19-22-20(26-25-19)30-11-17(27)13-4-6-14(21)7-5-13/h4-10H,11H2,1-3H3,(H2,22,24,25,26). The van der Waals surface area contributed by atoms with Gasteiger partial charge in [0, 0.05) is 21.7 Å². The van der Waals surface area contributed by atoms with Crippen LogP contribution in [0.5, 0.6) is 11.5 Å². The van der Waals surface area contributed by atoms with E-state index in [-0.39, 0.29) is 11.5 Å². The second-order valence-corrected chi connectivity index (χ2v) is 7.92. The summed E-state index contributed by atoms with van der Waals surface area (Å²) in [5.41, 5.74) is 5.00. The molecule has 0 amide bonds. The molecule has 0 bridgehead atoms. The van der Waals surface area contributed by atoms with Crippen LogP contribution in [0.4, 0.5) is 5.95 Å². The van der Waals surface area contributed by atoms with Gasteiger partial charge in [-0.25, -0.2) is 10.5 Å². The molecule has 156 valence electrons. The minimum atomic E-state index is 0.00674. The average molecular weight is 490 g/mol. The Morgan fingerprint density at radius 3 is 2.67 bits per heavy atom. The van der Waals surface area contributed by atoms with Gasteiger partial charge in [0.05, 0.1) is 25.7 Å². The molecule has 0 atom stereocenters. The lowest BCUT2D eigenvalue weighted by molar-refractivity contribution is 0.102. The molecule has 0 radical (unpaired) electrons. The molecule has 30 heavy (non-hydrogen) atoms. The zero-order chi connectivity index (χ0) is 21.5. The van der Waals surface area contributed by atoms with Gasteiger partial charge < -0.3 is 9.47 Å². The summed E-state index contributed by atoms with van der Waals surface area (Å²) in [6.07, 6.45) is 0. The number of aromatic nitrogens is 3. The Kier molecular flexibility index (Phi) is 7.47. The van der Waals surface area contributed by atoms with Crippen LogP contribution in [0, 0.1) is 0 Å². The third kappa shape index (κ3) is 5.61. The van der Waals surface area contributed by atoms with Crippen molar-refractivity contribution in [1.82, 2.24) is 15.2 Å². The lowest BCUT2D eigenvalue weighted by Crippen LogP contribution is -2.03. The molecule has 2 N–H and O–H groups in total. The van der Waals surface area contributed by atoms with Crippen molar-refractivity contribution in [2.45, 2.75) is 12.1 Å². The number of H-pyrrole nitrogens is 1. The zero-order valence-corrected chi connectivity index (χ0v) is 19.0. The molecular weight excluding hydrogens is 470 g/mol. The van der Waals surface area contributed by atoms with Crippen LogP contribution < -0.4 is 14.9 Å². The van der Waals surface area contributed by atoms with Crippen molar-refractivity contribution in [2.75, 3.05) is 25.4 Å². The largest absolute Gasteiger partial charge is 0.497 e. The fourth-order valence-corrected chi connectivity index (χ4v) is 3.46. The number of carbonyl (C=O) groups is 1. The molecule has 0 unspecified atom stereocenters. The number of aromatic amines is 1. The average Bonchev–Trinajstić information content (AvgIpc) is 3.23. The van der Waals surface area contributed by atoms with Gasteiger partial charge in [0.15, 0.2) is 5.78 Å². The predicted molar refractivity (Wildman–Crippen MR) is 121 cm³/mol. The number of hydrogen-bond donors (Lipinski definition) is 2. The van der Waals surface area contributed by atoms with Crippen molar-refractivity contribution in [3.63, 3.8) is 0 Å². The van der Waals surface area contributed by atoms with E-state index in [9.17, 15) is 4.79 Å². The number of benzene rings is 2. The normalized spacial score (nSPS) is 11.3. The number of methoxy groups -OCH3 is 2. The maximum Gasteiger partial charge on any atom is 0.240 e. The van der Waals surface area contributed by atoms with Gasteiger partial charge in [0.2, 0.25) is 11.1 Å². The number of ketones is 1. The number of nitrogens with zero attached hydrogens (tertiary/aromatic N) is 3. The van der Waals surface area contributed by atoms with Crippen LogP contribution in [-0.2, 0) is 0 Å². The van der Waals surface area contributed by atoms with Gasteiger partial charge in [-0.1, -0.05) is 39.8 Å². The predicted octanol–water partition coefficient (Wildman–Crippen LogP) is 4.40. The van der Waals surface area contributed by atoms with Gasteiger partial charge in [0.25, 0.3) is 0 Å². The summed E-state index contributed by atoms with van der Waals surface area (Å²) in [6, 6.07) is 12.7. The van der Waals surface area contributed by atoms with Gasteiger partial charge in [0.1, 0.15) is 11.5 Å². The van der Waals surface area contributed by atoms with E-state index in [0.717, 1.165) is 10.0 Å². The molecule has 1 aromatic heterocycles. The summed E-state index contributed by atoms with van der Waals surface area (Å²) in [4.78, 5) is 16.5. The number of nitrogens with one attached hydrogen (secondary N) is 2. The van der Waals surface area contributed by atoms with E-state index in [1.807, 2.05) is 31.2 Å². The van der Waals surface area contributed by atoms with E-state index in [1.54, 1.807) is 32.4 Å². The number of rotatable bonds is 9. The summed E-state index contributed by atoms with van der Waals surface area (Å²) < 4.78 is 11.5. The minimum absolute atomic E-state index is 0.00674. The van der Waals surface area contributed by atoms with E-state index in [0.29, 0.717) is 33.9 Å². The number of carbonyl (C=O) groups excluding carboxylic acids is 1. The molecule has 0 fully saturated rings. The summed E-state index contributed by atoms with van der Waals surface area (Å²) in [7, 11) is 3.19. The highest BCUT2D eigenvalue weighted by molar-refractivity contribution is 9.10. The highest BCUT2D eigenvalue weighted by atomic mass is 79.9. The second kappa shape index (κ2) is 10.3. The second-order valence-electron chi connectivity index (χ2n) is 6.06. The molecule has 10 heteroatoms. The van der Waals surface area contributed by atoms with Crippen LogP contribution in [0.2, 0.25) is 0 Å². The first-order valence-electron chi connectivity index (χ1n) is 8.87. The number of anilines is 1. The lowest BCUT2D eigenvalue weighted by atomic mass is 10.1. The van der Waals surface area contributed by atoms with Crippen LogP contribution in [0.3, 0.4) is 0 Å². The fraction of sp³-hybridized carbons (Fsp3) is 0.200. The van der Waals surface area contributed by atoms with Crippen LogP contribution in [0.15, 0.2) is 57.2 Å². The van der Waals surface area contributed by atoms with Gasteiger partial charge in [-0.2, -0.15) is 10.1 Å². The molecule has 0 aliphatic heterocycles. The number of Topliss-reactive ketones (excluding diaryl/α,β-unsaturated/α-hetero) is 1. The highest BCUT2D eigenvalue weighted by Gasteiger charge is 2.11. The maximum absolute atomic E-state index is 12.3. The van der Waals surface area contributed by atoms with E-state index >= 15 is 0 Å². The number of ether oxygens (including phenoxy) is 2. The third-order valence-electron chi connectivity index (χ3n) is 4.09. The summed E-state index contributed by atoms with van der Waals surface area (Å²) >= 11 is 4.61. The van der Waals surface area contributed by atoms with Gasteiger partial charge >= 0.3 is 0 Å². The summed E-state index contributed by atoms with van der Waals surface area (Å²) in [5, 5.41) is 11.6. The van der Waals surface area contributed by atoms with Crippen molar-refractivity contribution in [3.05, 3.63) is 58.1 Å². The lowest BCUT2D eigenvalue weighted by Gasteiger charge is -2.10. The molecule has 0 spiro atoms. The Balaban J connectivity index is 1.60. The van der Waals surface area contributed by atoms with E-state index in [1.165, 1.54) is 11.8 Å². The van der Waals surface area contributed by atoms with Gasteiger partial charge in [-0.3, -0.25) is 4.79 Å². The molecule has 3 aromatic rings. The molecule has 1 heterocycles. The minimum Gasteiger partial charge on any atom is -0.497 e. The number of hydrazone groups is 1. The molecule has 0 saturated heterocycles. The molecule has 0 aliphatic rings. The van der Waals surface area contributed by atoms with Gasteiger partial charge in [-0.05, 0) is 31.2 Å². The first-order valence-corrected chi connectivity index (χ1v) is 10.6. The van der Waals surface area contributed by atoms with Crippen LogP contribution in [-0.4, -0.2) is 46.6 Å². The van der Waals surface area contributed by atoms with E-state index < -0.39 is 0 Å². The third-order valence-corrected chi connectivity index (χ3v) is 5.47. The smallest absolute Gasteiger partial charge is 0.240 e. The molecule has 0 aliphatic carbocycles. The zero-order valence-electron chi connectivity index (χ0n) is 16.6. The quantitative estimate of drug-likeness (QED) is 0.199. The molecule has 3 rings (SSSR count). The van der Waals surface area contributed by atoms with Crippen molar-refractivity contribution in [3.8, 4) is 11.5 Å². The van der Waals surface area contributed by atoms with E-state index in [2.05, 4.69) is 41.6 Å². The monoisotopic (exact) mass is 489 g/mol. The van der Waals surface area contributed by atoms with Gasteiger partial charge in [-0.15, -0.1) is 5.10 Å². The molecule has 8 nitrogen and oxygen atoms in total. The van der Waals surface area contributed by atoms with Crippen LogP contribution in [0.25, 0.3) is 0 Å².